The Labute approximate surface area is 179 Å². The first-order valence-electron chi connectivity index (χ1n) is 8.78. The summed E-state index contributed by atoms with van der Waals surface area (Å²) in [5, 5.41) is 37.3. The molecular weight excluding hydrogens is 420 g/mol. The van der Waals surface area contributed by atoms with Crippen LogP contribution in [0.15, 0.2) is 48.5 Å². The minimum Gasteiger partial charge on any atom is -0.207 e. The van der Waals surface area contributed by atoms with Crippen LogP contribution in [0.1, 0.15) is 0 Å². The van der Waals surface area contributed by atoms with E-state index in [2.05, 4.69) is 0 Å². The lowest BCUT2D eigenvalue weighted by molar-refractivity contribution is 0.584. The maximum absolute atomic E-state index is 14.6. The van der Waals surface area contributed by atoms with Gasteiger partial charge < -0.3 is 0 Å². The predicted molar refractivity (Wildman–Crippen MR) is 106 cm³/mol. The van der Waals surface area contributed by atoms with E-state index >= 15 is 0 Å². The molecule has 32 heavy (non-hydrogen) atoms. The third kappa shape index (κ3) is 3.90. The topological polar surface area (TPSA) is 95.2 Å². The number of rotatable bonds is 2. The summed E-state index contributed by atoms with van der Waals surface area (Å²) in [7, 11) is 0. The van der Waals surface area contributed by atoms with E-state index in [1.807, 2.05) is 0 Å². The summed E-state index contributed by atoms with van der Waals surface area (Å²) in [6.45, 7) is 0. The average molecular weight is 428 g/mol. The SMILES string of the molecule is N#CC(C#N)=c1cc(-c2ccc(F)cc2F)c(=C(C#N)C#N)cc1-c1ccc(F)cc1F. The van der Waals surface area contributed by atoms with Gasteiger partial charge in [0.15, 0.2) is 0 Å². The first-order valence-corrected chi connectivity index (χ1v) is 8.78. The van der Waals surface area contributed by atoms with Crippen molar-refractivity contribution in [2.45, 2.75) is 0 Å². The molecule has 4 nitrogen and oxygen atoms in total. The molecule has 0 saturated heterocycles. The Hall–Kier alpha value is -4.92. The van der Waals surface area contributed by atoms with Gasteiger partial charge in [-0.3, -0.25) is 0 Å². The Morgan fingerprint density at radius 1 is 0.500 bits per heavy atom. The van der Waals surface area contributed by atoms with Crippen LogP contribution in [0.5, 0.6) is 0 Å². The molecule has 0 saturated carbocycles. The number of benzene rings is 3. The molecule has 0 heterocycles. The number of nitrogens with zero attached hydrogens (tertiary/aromatic N) is 4. The lowest BCUT2D eigenvalue weighted by Crippen LogP contribution is -2.20. The van der Waals surface area contributed by atoms with Crippen molar-refractivity contribution in [2.75, 3.05) is 0 Å². The number of halogens is 4. The van der Waals surface area contributed by atoms with Crippen LogP contribution < -0.4 is 10.4 Å². The molecule has 0 atom stereocenters. The quantitative estimate of drug-likeness (QED) is 0.577. The van der Waals surface area contributed by atoms with Crippen molar-refractivity contribution in [3.8, 4) is 46.5 Å². The van der Waals surface area contributed by atoms with Gasteiger partial charge in [-0.05, 0) is 47.5 Å². The summed E-state index contributed by atoms with van der Waals surface area (Å²) >= 11 is 0. The zero-order valence-electron chi connectivity index (χ0n) is 15.9. The molecule has 8 heteroatoms. The van der Waals surface area contributed by atoms with Gasteiger partial charge in [0.1, 0.15) is 58.7 Å². The van der Waals surface area contributed by atoms with Crippen LogP contribution in [0.25, 0.3) is 33.4 Å². The van der Waals surface area contributed by atoms with Crippen molar-refractivity contribution in [2.24, 2.45) is 0 Å². The van der Waals surface area contributed by atoms with E-state index in [4.69, 9.17) is 0 Å². The normalized spacial score (nSPS) is 9.75. The van der Waals surface area contributed by atoms with Crippen molar-refractivity contribution in [1.29, 1.82) is 21.0 Å². The van der Waals surface area contributed by atoms with E-state index in [9.17, 15) is 38.6 Å². The average Bonchev–Trinajstić information content (AvgIpc) is 2.76. The summed E-state index contributed by atoms with van der Waals surface area (Å²) in [6.07, 6.45) is 0. The highest BCUT2D eigenvalue weighted by Crippen LogP contribution is 2.25. The minimum absolute atomic E-state index is 0.0927. The van der Waals surface area contributed by atoms with Gasteiger partial charge in [0.05, 0.1) is 0 Å². The maximum atomic E-state index is 14.6. The van der Waals surface area contributed by atoms with Gasteiger partial charge >= 0.3 is 0 Å². The molecule has 0 amide bonds. The second-order valence-electron chi connectivity index (χ2n) is 6.39. The molecule has 0 N–H and O–H groups in total. The smallest absolute Gasteiger partial charge is 0.137 e. The molecule has 3 aromatic rings. The van der Waals surface area contributed by atoms with Gasteiger partial charge in [0.25, 0.3) is 0 Å². The largest absolute Gasteiger partial charge is 0.207 e. The summed E-state index contributed by atoms with van der Waals surface area (Å²) < 4.78 is 56.0. The van der Waals surface area contributed by atoms with Crippen molar-refractivity contribution in [3.63, 3.8) is 0 Å². The van der Waals surface area contributed by atoms with E-state index in [0.717, 1.165) is 36.4 Å². The molecule has 3 rings (SSSR count). The predicted octanol–water partition coefficient (Wildman–Crippen LogP) is 3.97. The second kappa shape index (κ2) is 8.84. The van der Waals surface area contributed by atoms with Crippen LogP contribution in [-0.4, -0.2) is 0 Å². The van der Waals surface area contributed by atoms with E-state index in [1.165, 1.54) is 0 Å². The number of nitriles is 4. The van der Waals surface area contributed by atoms with Crippen LogP contribution in [0.3, 0.4) is 0 Å². The summed E-state index contributed by atoms with van der Waals surface area (Å²) in [5.74, 6) is -3.79. The van der Waals surface area contributed by atoms with Crippen molar-refractivity contribution < 1.29 is 17.6 Å². The minimum atomic E-state index is -1.02. The zero-order valence-corrected chi connectivity index (χ0v) is 15.9. The van der Waals surface area contributed by atoms with Gasteiger partial charge in [-0.2, -0.15) is 21.0 Å². The zero-order chi connectivity index (χ0) is 23.4. The molecule has 0 aromatic heterocycles. The van der Waals surface area contributed by atoms with E-state index in [1.54, 1.807) is 24.3 Å². The third-order valence-corrected chi connectivity index (χ3v) is 4.59. The molecule has 0 aliphatic heterocycles. The van der Waals surface area contributed by atoms with Gasteiger partial charge in [0, 0.05) is 33.7 Å². The summed E-state index contributed by atoms with van der Waals surface area (Å²) in [6, 6.07) is 14.1. The van der Waals surface area contributed by atoms with Crippen LogP contribution in [-0.2, 0) is 0 Å². The first-order chi connectivity index (χ1) is 15.3. The molecule has 0 unspecified atom stereocenters. The highest BCUT2D eigenvalue weighted by atomic mass is 19.1. The maximum Gasteiger partial charge on any atom is 0.137 e. The summed E-state index contributed by atoms with van der Waals surface area (Å²) in [4.78, 5) is 0. The Kier molecular flexibility index (Phi) is 6.02. The van der Waals surface area contributed by atoms with Crippen molar-refractivity contribution >= 4 is 11.1 Å². The van der Waals surface area contributed by atoms with Gasteiger partial charge in [-0.15, -0.1) is 0 Å². The number of hydrogen-bond donors (Lipinski definition) is 0. The van der Waals surface area contributed by atoms with Gasteiger partial charge in [-0.25, -0.2) is 17.6 Å². The standard InChI is InChI=1S/C24H8F4N4/c25-15-1-3-17(23(27)5-15)21-7-20(14(11-31)12-32)22(8-19(21)13(9-29)10-30)18-4-2-16(26)6-24(18)28/h1-8H. The van der Waals surface area contributed by atoms with Crippen molar-refractivity contribution in [3.05, 3.63) is 82.2 Å². The van der Waals surface area contributed by atoms with Crippen LogP contribution in [0.4, 0.5) is 17.6 Å². The fourth-order valence-corrected chi connectivity index (χ4v) is 3.17. The Bertz CT molecular complexity index is 1410. The highest BCUT2D eigenvalue weighted by Gasteiger charge is 2.17. The lowest BCUT2D eigenvalue weighted by Gasteiger charge is -2.11. The van der Waals surface area contributed by atoms with Gasteiger partial charge in [0.2, 0.25) is 0 Å². The molecule has 0 bridgehead atoms. The monoisotopic (exact) mass is 428 g/mol. The van der Waals surface area contributed by atoms with Crippen molar-refractivity contribution in [1.82, 2.24) is 0 Å². The lowest BCUT2D eigenvalue weighted by atomic mass is 9.92. The molecule has 0 aliphatic carbocycles. The Morgan fingerprint density at radius 2 is 0.844 bits per heavy atom. The van der Waals surface area contributed by atoms with Crippen LogP contribution in [0.2, 0.25) is 0 Å². The van der Waals surface area contributed by atoms with E-state index in [-0.39, 0.29) is 32.7 Å². The molecular formula is C24H8F4N4. The molecule has 0 radical (unpaired) electrons. The fraction of sp³-hybridized carbons (Fsp3) is 0. The molecule has 3 aromatic carbocycles. The van der Waals surface area contributed by atoms with E-state index in [0.29, 0.717) is 12.1 Å². The van der Waals surface area contributed by atoms with Crippen LogP contribution >= 0.6 is 0 Å². The third-order valence-electron chi connectivity index (χ3n) is 4.59. The number of hydrogen-bond acceptors (Lipinski definition) is 4. The Morgan fingerprint density at radius 3 is 1.12 bits per heavy atom. The molecule has 0 spiro atoms. The van der Waals surface area contributed by atoms with Gasteiger partial charge in [-0.1, -0.05) is 0 Å². The Balaban J connectivity index is 2.65. The van der Waals surface area contributed by atoms with Crippen LogP contribution in [0, 0.1) is 68.6 Å². The fourth-order valence-electron chi connectivity index (χ4n) is 3.17. The molecule has 0 fully saturated rings. The molecule has 152 valence electrons. The first kappa shape index (κ1) is 21.8. The highest BCUT2D eigenvalue weighted by molar-refractivity contribution is 5.85. The second-order valence-corrected chi connectivity index (χ2v) is 6.39. The van der Waals surface area contributed by atoms with E-state index < -0.39 is 34.4 Å². The summed E-state index contributed by atoms with van der Waals surface area (Å²) in [5.41, 5.74) is -1.57. The molecule has 0 aliphatic rings.